The van der Waals surface area contributed by atoms with Crippen molar-refractivity contribution in [2.45, 2.75) is 0 Å². The highest BCUT2D eigenvalue weighted by atomic mass is 31.2. The SMILES string of the molecule is C=P1(C)Oc2ccccc2-c2ccccc21. The van der Waals surface area contributed by atoms with Gasteiger partial charge in [0.2, 0.25) is 0 Å². The summed E-state index contributed by atoms with van der Waals surface area (Å²) in [5.74, 6) is 0.965. The highest BCUT2D eigenvalue weighted by molar-refractivity contribution is 7.76. The molecule has 1 atom stereocenters. The molecular formula is C14H13OP. The first-order valence-corrected chi connectivity index (χ1v) is 7.62. The van der Waals surface area contributed by atoms with Gasteiger partial charge in [-0.25, -0.2) is 0 Å². The third kappa shape index (κ3) is 1.32. The Labute approximate surface area is 95.8 Å². The zero-order valence-corrected chi connectivity index (χ0v) is 10.1. The van der Waals surface area contributed by atoms with Gasteiger partial charge >= 0.3 is 0 Å². The van der Waals surface area contributed by atoms with Gasteiger partial charge < -0.3 is 4.52 Å². The van der Waals surface area contributed by atoms with E-state index in [0.29, 0.717) is 0 Å². The molecule has 0 N–H and O–H groups in total. The van der Waals surface area contributed by atoms with Crippen molar-refractivity contribution >= 4 is 18.7 Å². The van der Waals surface area contributed by atoms with Gasteiger partial charge in [0.05, 0.1) is 7.11 Å². The van der Waals surface area contributed by atoms with E-state index < -0.39 is 7.11 Å². The molecule has 2 aromatic rings. The smallest absolute Gasteiger partial charge is 0.131 e. The molecular weight excluding hydrogens is 215 g/mol. The Morgan fingerprint density at radius 3 is 2.38 bits per heavy atom. The maximum atomic E-state index is 6.05. The van der Waals surface area contributed by atoms with Crippen molar-refractivity contribution in [3.63, 3.8) is 0 Å². The summed E-state index contributed by atoms with van der Waals surface area (Å²) in [5.41, 5.74) is 2.45. The molecule has 1 aliphatic rings. The summed E-state index contributed by atoms with van der Waals surface area (Å²) >= 11 is 0. The van der Waals surface area contributed by atoms with Gasteiger partial charge in [0.15, 0.2) is 0 Å². The van der Waals surface area contributed by atoms with Crippen LogP contribution in [0, 0.1) is 0 Å². The summed E-state index contributed by atoms with van der Waals surface area (Å²) in [7, 11) is -1.71. The van der Waals surface area contributed by atoms with Crippen LogP contribution in [0.15, 0.2) is 48.5 Å². The molecule has 3 rings (SSSR count). The molecule has 2 aromatic carbocycles. The first-order valence-electron chi connectivity index (χ1n) is 5.28. The standard InChI is InChI=1S/C14H13OP/c1-16(2)14-10-6-4-8-12(14)11-7-3-5-9-13(11)15-16/h3-10H,1H2,2H3. The zero-order valence-electron chi connectivity index (χ0n) is 9.18. The van der Waals surface area contributed by atoms with Crippen molar-refractivity contribution in [3.05, 3.63) is 48.5 Å². The number of rotatable bonds is 0. The second-order valence-electron chi connectivity index (χ2n) is 4.21. The van der Waals surface area contributed by atoms with Gasteiger partial charge in [-0.15, -0.1) is 0 Å². The van der Waals surface area contributed by atoms with E-state index in [9.17, 15) is 0 Å². The van der Waals surface area contributed by atoms with Gasteiger partial charge in [-0.1, -0.05) is 48.8 Å². The Morgan fingerprint density at radius 1 is 0.938 bits per heavy atom. The van der Waals surface area contributed by atoms with E-state index in [0.717, 1.165) is 5.75 Å². The van der Waals surface area contributed by atoms with Crippen LogP contribution in [-0.4, -0.2) is 13.0 Å². The molecule has 16 heavy (non-hydrogen) atoms. The lowest BCUT2D eigenvalue weighted by molar-refractivity contribution is 0.622. The van der Waals surface area contributed by atoms with Gasteiger partial charge in [0.1, 0.15) is 5.75 Å². The fourth-order valence-electron chi connectivity index (χ4n) is 2.15. The van der Waals surface area contributed by atoms with E-state index >= 15 is 0 Å². The van der Waals surface area contributed by atoms with Gasteiger partial charge in [-0.05, 0) is 18.3 Å². The minimum absolute atomic E-state index is 0.965. The molecule has 0 spiro atoms. The summed E-state index contributed by atoms with van der Waals surface area (Å²) in [6.45, 7) is 2.11. The fraction of sp³-hybridized carbons (Fsp3) is 0.0714. The van der Waals surface area contributed by atoms with Crippen LogP contribution >= 0.6 is 7.11 Å². The molecule has 0 saturated carbocycles. The number of hydrogen-bond donors (Lipinski definition) is 0. The van der Waals surface area contributed by atoms with Crippen LogP contribution < -0.4 is 9.83 Å². The van der Waals surface area contributed by atoms with E-state index in [2.05, 4.69) is 43.3 Å². The summed E-state index contributed by atoms with van der Waals surface area (Å²) in [6, 6.07) is 16.6. The molecule has 0 aliphatic carbocycles. The molecule has 1 unspecified atom stereocenters. The summed E-state index contributed by atoms with van der Waals surface area (Å²) in [6.07, 6.45) is 4.26. The van der Waals surface area contributed by atoms with E-state index in [1.807, 2.05) is 18.2 Å². The van der Waals surface area contributed by atoms with Gasteiger partial charge in [-0.3, -0.25) is 0 Å². The predicted molar refractivity (Wildman–Crippen MR) is 72.1 cm³/mol. The highest BCUT2D eigenvalue weighted by Crippen LogP contribution is 2.51. The molecule has 1 heterocycles. The van der Waals surface area contributed by atoms with Gasteiger partial charge in [0, 0.05) is 10.9 Å². The van der Waals surface area contributed by atoms with Crippen LogP contribution in [0.4, 0.5) is 0 Å². The first-order chi connectivity index (χ1) is 7.68. The Hall–Kier alpha value is -1.46. The number of benzene rings is 2. The van der Waals surface area contributed by atoms with Crippen LogP contribution in [0.5, 0.6) is 5.75 Å². The number of para-hydroxylation sites is 1. The second-order valence-corrected chi connectivity index (χ2v) is 7.07. The van der Waals surface area contributed by atoms with Crippen LogP contribution in [0.2, 0.25) is 0 Å². The Balaban J connectivity index is 2.38. The minimum Gasteiger partial charge on any atom is -0.473 e. The summed E-state index contributed by atoms with van der Waals surface area (Å²) < 4.78 is 6.05. The van der Waals surface area contributed by atoms with Crippen molar-refractivity contribution in [1.29, 1.82) is 0 Å². The van der Waals surface area contributed by atoms with Crippen LogP contribution in [-0.2, 0) is 0 Å². The minimum atomic E-state index is -1.71. The quantitative estimate of drug-likeness (QED) is 0.628. The van der Waals surface area contributed by atoms with E-state index in [4.69, 9.17) is 4.52 Å². The maximum Gasteiger partial charge on any atom is 0.131 e. The molecule has 80 valence electrons. The molecule has 0 saturated heterocycles. The Morgan fingerprint density at radius 2 is 1.56 bits per heavy atom. The average Bonchev–Trinajstić information content (AvgIpc) is 2.29. The normalized spacial score (nSPS) is 21.8. The number of hydrogen-bond acceptors (Lipinski definition) is 1. The van der Waals surface area contributed by atoms with Gasteiger partial charge in [0.25, 0.3) is 0 Å². The molecule has 0 radical (unpaired) electrons. The lowest BCUT2D eigenvalue weighted by Gasteiger charge is -2.30. The van der Waals surface area contributed by atoms with E-state index in [1.165, 1.54) is 16.4 Å². The summed E-state index contributed by atoms with van der Waals surface area (Å²) in [4.78, 5) is 0. The third-order valence-corrected chi connectivity index (χ3v) is 4.90. The van der Waals surface area contributed by atoms with Gasteiger partial charge in [-0.2, -0.15) is 0 Å². The second kappa shape index (κ2) is 3.26. The van der Waals surface area contributed by atoms with E-state index in [-0.39, 0.29) is 0 Å². The third-order valence-electron chi connectivity index (χ3n) is 2.89. The van der Waals surface area contributed by atoms with Crippen LogP contribution in [0.3, 0.4) is 0 Å². The van der Waals surface area contributed by atoms with Crippen molar-refractivity contribution in [3.8, 4) is 16.9 Å². The lowest BCUT2D eigenvalue weighted by Crippen LogP contribution is -2.16. The largest absolute Gasteiger partial charge is 0.473 e. The Kier molecular flexibility index (Phi) is 1.99. The van der Waals surface area contributed by atoms with Crippen molar-refractivity contribution < 1.29 is 4.52 Å². The lowest BCUT2D eigenvalue weighted by atomic mass is 10.0. The average molecular weight is 228 g/mol. The van der Waals surface area contributed by atoms with Crippen LogP contribution in [0.25, 0.3) is 11.1 Å². The Bertz CT molecular complexity index is 601. The first kappa shape index (κ1) is 9.74. The van der Waals surface area contributed by atoms with Crippen LogP contribution in [0.1, 0.15) is 0 Å². The maximum absolute atomic E-state index is 6.05. The molecule has 0 bridgehead atoms. The molecule has 0 amide bonds. The fourth-order valence-corrected chi connectivity index (χ4v) is 3.95. The molecule has 0 aromatic heterocycles. The van der Waals surface area contributed by atoms with Crippen molar-refractivity contribution in [1.82, 2.24) is 0 Å². The monoisotopic (exact) mass is 228 g/mol. The van der Waals surface area contributed by atoms with Crippen molar-refractivity contribution in [2.75, 3.05) is 6.66 Å². The highest BCUT2D eigenvalue weighted by Gasteiger charge is 2.25. The molecule has 1 aliphatic heterocycles. The van der Waals surface area contributed by atoms with Crippen molar-refractivity contribution in [2.24, 2.45) is 0 Å². The molecule has 1 nitrogen and oxygen atoms in total. The number of fused-ring (bicyclic) bond motifs is 3. The topological polar surface area (TPSA) is 9.23 Å². The summed E-state index contributed by atoms with van der Waals surface area (Å²) in [5, 5.41) is 1.26. The molecule has 0 fully saturated rings. The zero-order chi connectivity index (χ0) is 11.2. The van der Waals surface area contributed by atoms with E-state index in [1.54, 1.807) is 0 Å². The molecule has 2 heteroatoms. The predicted octanol–water partition coefficient (Wildman–Crippen LogP) is 3.37.